The number of carbonyl (C=O) groups is 2. The Morgan fingerprint density at radius 2 is 1.82 bits per heavy atom. The molecule has 2 amide bonds. The van der Waals surface area contributed by atoms with Crippen LogP contribution in [-0.2, 0) is 11.2 Å². The normalized spacial score (nSPS) is 15.6. The Morgan fingerprint density at radius 3 is 2.61 bits per heavy atom. The lowest BCUT2D eigenvalue weighted by Gasteiger charge is -2.33. The van der Waals surface area contributed by atoms with E-state index < -0.39 is 0 Å². The minimum Gasteiger partial charge on any atom is -0.454 e. The van der Waals surface area contributed by atoms with Crippen LogP contribution in [0.5, 0.6) is 11.5 Å². The molecule has 28 heavy (non-hydrogen) atoms. The summed E-state index contributed by atoms with van der Waals surface area (Å²) in [7, 11) is 0. The molecule has 3 heterocycles. The van der Waals surface area contributed by atoms with E-state index in [0.717, 1.165) is 11.3 Å². The van der Waals surface area contributed by atoms with Crippen molar-refractivity contribution in [2.45, 2.75) is 13.3 Å². The van der Waals surface area contributed by atoms with Gasteiger partial charge in [-0.05, 0) is 24.6 Å². The Hall–Kier alpha value is -3.23. The molecular formula is C19H21N3O6. The highest BCUT2D eigenvalue weighted by Crippen LogP contribution is 2.33. The van der Waals surface area contributed by atoms with Gasteiger partial charge in [-0.15, -0.1) is 0 Å². The lowest BCUT2D eigenvalue weighted by Crippen LogP contribution is -2.50. The minimum atomic E-state index is -0.347. The molecule has 1 aromatic carbocycles. The molecule has 0 radical (unpaired) electrons. The van der Waals surface area contributed by atoms with E-state index in [9.17, 15) is 9.59 Å². The van der Waals surface area contributed by atoms with Gasteiger partial charge in [-0.25, -0.2) is 4.79 Å². The molecule has 1 saturated heterocycles. The van der Waals surface area contributed by atoms with Crippen molar-refractivity contribution >= 4 is 12.0 Å². The minimum absolute atomic E-state index is 0.195. The first-order chi connectivity index (χ1) is 13.6. The number of rotatable bonds is 4. The molecule has 0 aliphatic carbocycles. The molecule has 2 aliphatic rings. The van der Waals surface area contributed by atoms with Crippen LogP contribution in [0.2, 0.25) is 0 Å². The molecular weight excluding hydrogens is 366 g/mol. The third-order valence-corrected chi connectivity index (χ3v) is 4.68. The van der Waals surface area contributed by atoms with Crippen LogP contribution in [0, 0.1) is 0 Å². The van der Waals surface area contributed by atoms with Crippen LogP contribution in [0.1, 0.15) is 28.7 Å². The maximum atomic E-state index is 12.6. The number of piperazine rings is 1. The molecule has 2 aliphatic heterocycles. The molecule has 9 nitrogen and oxygen atoms in total. The van der Waals surface area contributed by atoms with Gasteiger partial charge >= 0.3 is 6.09 Å². The van der Waals surface area contributed by atoms with Crippen LogP contribution in [0.4, 0.5) is 4.79 Å². The number of ether oxygens (including phenoxy) is 3. The van der Waals surface area contributed by atoms with Gasteiger partial charge < -0.3 is 28.5 Å². The number of nitrogens with zero attached hydrogens (tertiary/aromatic N) is 3. The van der Waals surface area contributed by atoms with Crippen LogP contribution in [0.15, 0.2) is 28.8 Å². The van der Waals surface area contributed by atoms with Gasteiger partial charge in [-0.3, -0.25) is 4.79 Å². The summed E-state index contributed by atoms with van der Waals surface area (Å²) in [6.45, 7) is 4.05. The maximum absolute atomic E-state index is 12.6. The fraction of sp³-hybridized carbons (Fsp3) is 0.421. The third kappa shape index (κ3) is 3.73. The summed E-state index contributed by atoms with van der Waals surface area (Å²) < 4.78 is 20.9. The predicted molar refractivity (Wildman–Crippen MR) is 96.4 cm³/mol. The van der Waals surface area contributed by atoms with Crippen molar-refractivity contribution in [1.82, 2.24) is 15.0 Å². The fourth-order valence-electron chi connectivity index (χ4n) is 3.22. The summed E-state index contributed by atoms with van der Waals surface area (Å²) in [5.74, 6) is 1.40. The SMILES string of the molecule is CCOC(=O)N1CCN(C(=O)c2cc(Cc3ccc4c(c3)OCO4)no2)CC1. The van der Waals surface area contributed by atoms with E-state index >= 15 is 0 Å². The van der Waals surface area contributed by atoms with E-state index in [1.807, 2.05) is 18.2 Å². The van der Waals surface area contributed by atoms with Gasteiger partial charge in [-0.2, -0.15) is 0 Å². The molecule has 4 rings (SSSR count). The Morgan fingerprint density at radius 1 is 1.07 bits per heavy atom. The summed E-state index contributed by atoms with van der Waals surface area (Å²) >= 11 is 0. The Balaban J connectivity index is 1.35. The predicted octanol–water partition coefficient (Wildman–Crippen LogP) is 1.91. The molecule has 148 valence electrons. The van der Waals surface area contributed by atoms with Gasteiger partial charge in [0.2, 0.25) is 12.6 Å². The smallest absolute Gasteiger partial charge is 0.409 e. The summed E-state index contributed by atoms with van der Waals surface area (Å²) in [5, 5.41) is 4.01. The van der Waals surface area contributed by atoms with Gasteiger partial charge in [0.1, 0.15) is 0 Å². The van der Waals surface area contributed by atoms with Crippen molar-refractivity contribution in [3.63, 3.8) is 0 Å². The quantitative estimate of drug-likeness (QED) is 0.791. The van der Waals surface area contributed by atoms with Crippen molar-refractivity contribution in [2.24, 2.45) is 0 Å². The number of hydrogen-bond donors (Lipinski definition) is 0. The van der Waals surface area contributed by atoms with Crippen LogP contribution < -0.4 is 9.47 Å². The van der Waals surface area contributed by atoms with Gasteiger partial charge in [0.05, 0.1) is 12.3 Å². The van der Waals surface area contributed by atoms with E-state index in [4.69, 9.17) is 18.7 Å². The standard InChI is InChI=1S/C19H21N3O6/c1-2-25-19(24)22-7-5-21(6-8-22)18(23)17-11-14(20-28-17)9-13-3-4-15-16(10-13)27-12-26-15/h3-4,10-11H,2,5-9,12H2,1H3. The Bertz CT molecular complexity index is 872. The van der Waals surface area contributed by atoms with Crippen LogP contribution in [0.3, 0.4) is 0 Å². The number of carbonyl (C=O) groups excluding carboxylic acids is 2. The van der Waals surface area contributed by atoms with E-state index in [1.54, 1.807) is 22.8 Å². The second-order valence-corrected chi connectivity index (χ2v) is 6.53. The zero-order valence-electron chi connectivity index (χ0n) is 15.6. The molecule has 0 bridgehead atoms. The number of aromatic nitrogens is 1. The van der Waals surface area contributed by atoms with Crippen molar-refractivity contribution in [1.29, 1.82) is 0 Å². The second kappa shape index (κ2) is 7.79. The zero-order chi connectivity index (χ0) is 19.5. The first-order valence-electron chi connectivity index (χ1n) is 9.19. The molecule has 0 atom stereocenters. The highest BCUT2D eigenvalue weighted by Gasteiger charge is 2.27. The van der Waals surface area contributed by atoms with Crippen LogP contribution in [0.25, 0.3) is 0 Å². The molecule has 9 heteroatoms. The lowest BCUT2D eigenvalue weighted by molar-refractivity contribution is 0.0539. The van der Waals surface area contributed by atoms with Gasteiger partial charge in [0, 0.05) is 38.7 Å². The number of amides is 2. The molecule has 1 aromatic heterocycles. The number of hydrogen-bond acceptors (Lipinski definition) is 7. The van der Waals surface area contributed by atoms with Gasteiger partial charge in [-0.1, -0.05) is 11.2 Å². The summed E-state index contributed by atoms with van der Waals surface area (Å²) in [5.41, 5.74) is 1.65. The second-order valence-electron chi connectivity index (χ2n) is 6.53. The van der Waals surface area contributed by atoms with E-state index in [-0.39, 0.29) is 24.6 Å². The number of fused-ring (bicyclic) bond motifs is 1. The van der Waals surface area contributed by atoms with Crippen molar-refractivity contribution in [3.05, 3.63) is 41.3 Å². The Labute approximate surface area is 161 Å². The highest BCUT2D eigenvalue weighted by atomic mass is 16.7. The molecule has 1 fully saturated rings. The van der Waals surface area contributed by atoms with Crippen molar-refractivity contribution < 1.29 is 28.3 Å². The molecule has 2 aromatic rings. The number of benzene rings is 1. The maximum Gasteiger partial charge on any atom is 0.409 e. The summed E-state index contributed by atoms with van der Waals surface area (Å²) in [4.78, 5) is 27.6. The Kier molecular flexibility index (Phi) is 5.05. The van der Waals surface area contributed by atoms with Crippen molar-refractivity contribution in [3.8, 4) is 11.5 Å². The third-order valence-electron chi connectivity index (χ3n) is 4.68. The largest absolute Gasteiger partial charge is 0.454 e. The molecule has 0 unspecified atom stereocenters. The molecule has 0 spiro atoms. The van der Waals surface area contributed by atoms with Gasteiger partial charge in [0.15, 0.2) is 11.5 Å². The monoisotopic (exact) mass is 387 g/mol. The average molecular weight is 387 g/mol. The van der Waals surface area contributed by atoms with Crippen LogP contribution >= 0.6 is 0 Å². The fourth-order valence-corrected chi connectivity index (χ4v) is 3.22. The zero-order valence-corrected chi connectivity index (χ0v) is 15.6. The average Bonchev–Trinajstić information content (AvgIpc) is 3.37. The topological polar surface area (TPSA) is 94.3 Å². The van der Waals surface area contributed by atoms with E-state index in [1.165, 1.54) is 0 Å². The van der Waals surface area contributed by atoms with Crippen LogP contribution in [-0.4, -0.2) is 66.5 Å². The summed E-state index contributed by atoms with van der Waals surface area (Å²) in [6.07, 6.45) is 0.171. The lowest BCUT2D eigenvalue weighted by atomic mass is 10.1. The van der Waals surface area contributed by atoms with Crippen molar-refractivity contribution in [2.75, 3.05) is 39.6 Å². The van der Waals surface area contributed by atoms with E-state index in [2.05, 4.69) is 5.16 Å². The molecule has 0 N–H and O–H groups in total. The van der Waals surface area contributed by atoms with Gasteiger partial charge in [0.25, 0.3) is 5.91 Å². The first-order valence-corrected chi connectivity index (χ1v) is 9.19. The highest BCUT2D eigenvalue weighted by molar-refractivity contribution is 5.91. The van der Waals surface area contributed by atoms with E-state index in [0.29, 0.717) is 50.7 Å². The first kappa shape index (κ1) is 18.1. The molecule has 0 saturated carbocycles. The summed E-state index contributed by atoms with van der Waals surface area (Å²) in [6, 6.07) is 7.34.